The lowest BCUT2D eigenvalue weighted by molar-refractivity contribution is -0.163. The standard InChI is InChI=1S/C30H50ClN5O8/c1-8-17(3)24-29(42)35(7)25(18(4)9-2)30(43)34(6)19(5)26(39)32-13-12-23(38)44-22(15-20(37)16-31)28(41)36-14-10-11-21(36)27(40)33-24/h17-22,24-25,37H,8-16H2,1-7H3,(H,32,39)(H,33,40)/t17-,18-,19-,20?,21-,22+,24-,25?/m0/s1. The minimum atomic E-state index is -1.40. The highest BCUT2D eigenvalue weighted by Crippen LogP contribution is 2.24. The van der Waals surface area contributed by atoms with Crippen LogP contribution in [0.4, 0.5) is 0 Å². The Hall–Kier alpha value is -2.93. The number of nitrogens with one attached hydrogen (secondary N) is 2. The Morgan fingerprint density at radius 3 is 2.18 bits per heavy atom. The molecule has 0 saturated carbocycles. The second kappa shape index (κ2) is 17.0. The average molecular weight is 644 g/mol. The summed E-state index contributed by atoms with van der Waals surface area (Å²) < 4.78 is 5.45. The van der Waals surface area contributed by atoms with Crippen LogP contribution in [0.3, 0.4) is 0 Å². The van der Waals surface area contributed by atoms with E-state index in [4.69, 9.17) is 16.3 Å². The SMILES string of the molecule is CC[C@H](C)C1C(=O)N(C)[C@@H](C)C(=O)NCCC(=O)O[C@H](CC(O)CCl)C(=O)N2CCC[C@H]2C(=O)N[C@@H]([C@@H](C)CC)C(=O)N1C. The summed E-state index contributed by atoms with van der Waals surface area (Å²) in [5, 5.41) is 15.7. The van der Waals surface area contributed by atoms with E-state index in [0.717, 1.165) is 0 Å². The van der Waals surface area contributed by atoms with Crippen molar-refractivity contribution >= 4 is 47.1 Å². The Kier molecular flexibility index (Phi) is 14.4. The predicted octanol–water partition coefficient (Wildman–Crippen LogP) is 0.650. The number of amides is 5. The van der Waals surface area contributed by atoms with Crippen molar-refractivity contribution in [3.63, 3.8) is 0 Å². The summed E-state index contributed by atoms with van der Waals surface area (Å²) >= 11 is 5.77. The summed E-state index contributed by atoms with van der Waals surface area (Å²) in [6.07, 6.45) is -1.14. The number of carbonyl (C=O) groups excluding carboxylic acids is 6. The molecule has 5 amide bonds. The van der Waals surface area contributed by atoms with Crippen LogP contribution in [0.1, 0.15) is 73.1 Å². The molecular formula is C30H50ClN5O8. The normalized spacial score (nSPS) is 29.1. The molecule has 0 radical (unpaired) electrons. The molecule has 0 aromatic heterocycles. The van der Waals surface area contributed by atoms with E-state index in [0.29, 0.717) is 25.7 Å². The lowest BCUT2D eigenvalue weighted by atomic mass is 9.92. The third kappa shape index (κ3) is 9.06. The van der Waals surface area contributed by atoms with Crippen LogP contribution in [-0.2, 0) is 33.5 Å². The van der Waals surface area contributed by atoms with E-state index in [-0.39, 0.29) is 43.6 Å². The maximum absolute atomic E-state index is 14.0. The largest absolute Gasteiger partial charge is 0.452 e. The van der Waals surface area contributed by atoms with Crippen LogP contribution < -0.4 is 10.6 Å². The van der Waals surface area contributed by atoms with Crippen molar-refractivity contribution in [2.75, 3.05) is 33.1 Å². The number of nitrogens with zero attached hydrogens (tertiary/aromatic N) is 3. The number of halogens is 1. The van der Waals surface area contributed by atoms with Gasteiger partial charge in [0.2, 0.25) is 23.6 Å². The number of likely N-dealkylation sites (N-methyl/N-ethyl adjacent to an activating group) is 2. The number of ether oxygens (including phenoxy) is 1. The van der Waals surface area contributed by atoms with Crippen LogP contribution >= 0.6 is 11.6 Å². The van der Waals surface area contributed by atoms with Gasteiger partial charge >= 0.3 is 5.97 Å². The molecule has 2 aliphatic rings. The zero-order chi connectivity index (χ0) is 33.3. The lowest BCUT2D eigenvalue weighted by Gasteiger charge is -2.38. The zero-order valence-electron chi connectivity index (χ0n) is 27.0. The third-order valence-corrected chi connectivity index (χ3v) is 9.32. The van der Waals surface area contributed by atoms with E-state index in [1.165, 1.54) is 28.8 Å². The summed E-state index contributed by atoms with van der Waals surface area (Å²) in [4.78, 5) is 84.8. The van der Waals surface area contributed by atoms with Crippen molar-refractivity contribution in [3.05, 3.63) is 0 Å². The summed E-state index contributed by atoms with van der Waals surface area (Å²) in [5.74, 6) is -4.15. The summed E-state index contributed by atoms with van der Waals surface area (Å²) in [6.45, 7) is 9.10. The van der Waals surface area contributed by atoms with Crippen LogP contribution in [0.5, 0.6) is 0 Å². The van der Waals surface area contributed by atoms with E-state index in [1.54, 1.807) is 6.92 Å². The van der Waals surface area contributed by atoms with E-state index in [9.17, 15) is 33.9 Å². The summed E-state index contributed by atoms with van der Waals surface area (Å²) in [7, 11) is 3.01. The van der Waals surface area contributed by atoms with Crippen LogP contribution in [-0.4, -0.2) is 125 Å². The molecule has 13 nitrogen and oxygen atoms in total. The molecule has 0 aromatic carbocycles. The van der Waals surface area contributed by atoms with Gasteiger partial charge in [-0.1, -0.05) is 40.5 Å². The Balaban J connectivity index is 2.56. The Bertz CT molecular complexity index is 1060. The van der Waals surface area contributed by atoms with Crippen molar-refractivity contribution in [2.24, 2.45) is 11.8 Å². The smallest absolute Gasteiger partial charge is 0.308 e. The highest BCUT2D eigenvalue weighted by molar-refractivity contribution is 6.18. The molecule has 250 valence electrons. The number of fused-ring (bicyclic) bond motifs is 1. The van der Waals surface area contributed by atoms with Crippen LogP contribution in [0.2, 0.25) is 0 Å². The molecule has 3 N–H and O–H groups in total. The minimum absolute atomic E-state index is 0.123. The molecule has 2 aliphatic heterocycles. The highest BCUT2D eigenvalue weighted by atomic mass is 35.5. The summed E-state index contributed by atoms with van der Waals surface area (Å²) in [5.41, 5.74) is 0. The second-order valence-electron chi connectivity index (χ2n) is 12.0. The molecular weight excluding hydrogens is 594 g/mol. The fraction of sp³-hybridized carbons (Fsp3) is 0.800. The van der Waals surface area contributed by atoms with E-state index in [1.807, 2.05) is 27.7 Å². The third-order valence-electron chi connectivity index (χ3n) is 8.97. The van der Waals surface area contributed by atoms with E-state index in [2.05, 4.69) is 10.6 Å². The van der Waals surface area contributed by atoms with Crippen molar-refractivity contribution in [2.45, 2.75) is 110 Å². The molecule has 0 bridgehead atoms. The number of hydrogen-bond acceptors (Lipinski definition) is 8. The van der Waals surface area contributed by atoms with Crippen LogP contribution in [0.25, 0.3) is 0 Å². The molecule has 8 atom stereocenters. The maximum Gasteiger partial charge on any atom is 0.308 e. The van der Waals surface area contributed by atoms with E-state index < -0.39 is 71.9 Å². The Labute approximate surface area is 265 Å². The van der Waals surface area contributed by atoms with Gasteiger partial charge in [-0.3, -0.25) is 28.8 Å². The molecule has 14 heteroatoms. The Morgan fingerprint density at radius 2 is 1.59 bits per heavy atom. The van der Waals surface area contributed by atoms with Crippen LogP contribution in [0, 0.1) is 11.8 Å². The second-order valence-corrected chi connectivity index (χ2v) is 12.3. The molecule has 2 unspecified atom stereocenters. The van der Waals surface area contributed by atoms with Gasteiger partial charge in [0.05, 0.1) is 12.5 Å². The zero-order valence-corrected chi connectivity index (χ0v) is 27.8. The number of aliphatic hydroxyl groups is 1. The molecule has 0 spiro atoms. The first-order valence-corrected chi connectivity index (χ1v) is 16.1. The lowest BCUT2D eigenvalue weighted by Crippen LogP contribution is -2.61. The van der Waals surface area contributed by atoms with Crippen molar-refractivity contribution in [1.82, 2.24) is 25.3 Å². The topological polar surface area (TPSA) is 166 Å². The number of hydrogen-bond donors (Lipinski definition) is 3. The molecule has 44 heavy (non-hydrogen) atoms. The molecule has 2 rings (SSSR count). The number of aliphatic hydroxyl groups excluding tert-OH is 1. The number of cyclic esters (lactones) is 1. The van der Waals surface area contributed by atoms with E-state index >= 15 is 0 Å². The summed E-state index contributed by atoms with van der Waals surface area (Å²) in [6, 6.07) is -3.76. The van der Waals surface area contributed by atoms with Gasteiger partial charge in [-0.2, -0.15) is 0 Å². The first-order valence-electron chi connectivity index (χ1n) is 15.5. The maximum atomic E-state index is 14.0. The van der Waals surface area contributed by atoms with Gasteiger partial charge in [-0.25, -0.2) is 0 Å². The molecule has 0 aliphatic carbocycles. The van der Waals surface area contributed by atoms with Gasteiger partial charge in [0.25, 0.3) is 5.91 Å². The first-order chi connectivity index (χ1) is 20.7. The number of carbonyl (C=O) groups is 6. The monoisotopic (exact) mass is 643 g/mol. The number of rotatable bonds is 7. The number of alkyl halides is 1. The highest BCUT2D eigenvalue weighted by Gasteiger charge is 2.43. The average Bonchev–Trinajstić information content (AvgIpc) is 3.50. The number of esters is 1. The predicted molar refractivity (Wildman–Crippen MR) is 163 cm³/mol. The van der Waals surface area contributed by atoms with Crippen molar-refractivity contribution < 1.29 is 38.6 Å². The molecule has 2 saturated heterocycles. The van der Waals surface area contributed by atoms with Gasteiger partial charge < -0.3 is 35.2 Å². The first kappa shape index (κ1) is 37.3. The van der Waals surface area contributed by atoms with Crippen molar-refractivity contribution in [3.8, 4) is 0 Å². The Morgan fingerprint density at radius 1 is 0.955 bits per heavy atom. The molecule has 2 heterocycles. The van der Waals surface area contributed by atoms with Gasteiger partial charge in [-0.15, -0.1) is 11.6 Å². The van der Waals surface area contributed by atoms with Gasteiger partial charge in [0, 0.05) is 39.5 Å². The molecule has 2 fully saturated rings. The quantitative estimate of drug-likeness (QED) is 0.269. The van der Waals surface area contributed by atoms with Crippen molar-refractivity contribution in [1.29, 1.82) is 0 Å². The van der Waals surface area contributed by atoms with Crippen LogP contribution in [0.15, 0.2) is 0 Å². The fourth-order valence-corrected chi connectivity index (χ4v) is 5.65. The van der Waals surface area contributed by atoms with Gasteiger partial charge in [0.15, 0.2) is 6.10 Å². The van der Waals surface area contributed by atoms with Gasteiger partial charge in [0.1, 0.15) is 24.2 Å². The minimum Gasteiger partial charge on any atom is -0.452 e. The van der Waals surface area contributed by atoms with Gasteiger partial charge in [-0.05, 0) is 31.6 Å². The fourth-order valence-electron chi connectivity index (χ4n) is 5.53. The molecule has 0 aromatic rings.